The number of amides is 1. The molecule has 156 valence electrons. The Morgan fingerprint density at radius 1 is 1.06 bits per heavy atom. The number of hydrogen-bond acceptors (Lipinski definition) is 5. The monoisotopic (exact) mass is 436 g/mol. The Balaban J connectivity index is 1.30. The molecule has 4 aromatic rings. The molecule has 2 aromatic heterocycles. The summed E-state index contributed by atoms with van der Waals surface area (Å²) >= 11 is 5.93. The highest BCUT2D eigenvalue weighted by Crippen LogP contribution is 2.32. The van der Waals surface area contributed by atoms with E-state index in [9.17, 15) is 9.59 Å². The molecule has 1 amide bonds. The van der Waals surface area contributed by atoms with Crippen molar-refractivity contribution < 1.29 is 14.3 Å². The van der Waals surface area contributed by atoms with Crippen molar-refractivity contribution in [2.24, 2.45) is 0 Å². The van der Waals surface area contributed by atoms with E-state index in [0.717, 1.165) is 11.1 Å². The molecule has 9 heteroatoms. The van der Waals surface area contributed by atoms with Crippen LogP contribution < -0.4 is 20.3 Å². The largest absolute Gasteiger partial charge is 0.454 e. The van der Waals surface area contributed by atoms with Gasteiger partial charge in [-0.15, -0.1) is 0 Å². The Labute approximate surface area is 181 Å². The molecule has 31 heavy (non-hydrogen) atoms. The lowest BCUT2D eigenvalue weighted by Crippen LogP contribution is -2.32. The van der Waals surface area contributed by atoms with E-state index in [1.165, 1.54) is 9.08 Å². The molecule has 3 heterocycles. The predicted octanol–water partition coefficient (Wildman–Crippen LogP) is 2.86. The summed E-state index contributed by atoms with van der Waals surface area (Å²) in [6.07, 6.45) is 3.20. The van der Waals surface area contributed by atoms with Crippen LogP contribution in [0.4, 0.5) is 0 Å². The van der Waals surface area contributed by atoms with E-state index in [1.54, 1.807) is 36.7 Å². The fourth-order valence-electron chi connectivity index (χ4n) is 3.37. The first kappa shape index (κ1) is 19.2. The fourth-order valence-corrected chi connectivity index (χ4v) is 3.50. The maximum Gasteiger partial charge on any atom is 0.277 e. The zero-order valence-corrected chi connectivity index (χ0v) is 17.0. The summed E-state index contributed by atoms with van der Waals surface area (Å²) in [7, 11) is 0. The summed E-state index contributed by atoms with van der Waals surface area (Å²) in [5.41, 5.74) is 2.47. The number of ether oxygens (including phenoxy) is 2. The van der Waals surface area contributed by atoms with Gasteiger partial charge in [0.1, 0.15) is 12.1 Å². The zero-order valence-electron chi connectivity index (χ0n) is 16.2. The van der Waals surface area contributed by atoms with Gasteiger partial charge in [-0.05, 0) is 35.9 Å². The van der Waals surface area contributed by atoms with E-state index < -0.39 is 0 Å². The van der Waals surface area contributed by atoms with Crippen LogP contribution >= 0.6 is 11.6 Å². The molecular formula is C22H17ClN4O4. The molecule has 0 spiro atoms. The number of fused-ring (bicyclic) bond motifs is 2. The summed E-state index contributed by atoms with van der Waals surface area (Å²) in [4.78, 5) is 25.2. The lowest BCUT2D eigenvalue weighted by atomic mass is 10.1. The van der Waals surface area contributed by atoms with Gasteiger partial charge in [0.05, 0.1) is 5.69 Å². The van der Waals surface area contributed by atoms with Gasteiger partial charge >= 0.3 is 0 Å². The second kappa shape index (κ2) is 7.81. The van der Waals surface area contributed by atoms with E-state index in [0.29, 0.717) is 34.3 Å². The molecule has 0 bridgehead atoms. The first-order chi connectivity index (χ1) is 15.1. The Bertz CT molecular complexity index is 1340. The molecule has 0 aliphatic carbocycles. The second-order valence-electron chi connectivity index (χ2n) is 7.06. The minimum absolute atomic E-state index is 0.0959. The number of halogens is 1. The van der Waals surface area contributed by atoms with Crippen molar-refractivity contribution in [3.8, 4) is 22.8 Å². The van der Waals surface area contributed by atoms with Gasteiger partial charge in [0.25, 0.3) is 5.56 Å². The first-order valence-electron chi connectivity index (χ1n) is 9.57. The van der Waals surface area contributed by atoms with Gasteiger partial charge in [-0.1, -0.05) is 29.8 Å². The van der Waals surface area contributed by atoms with Crippen LogP contribution in [0.3, 0.4) is 0 Å². The Hall–Kier alpha value is -3.78. The van der Waals surface area contributed by atoms with Crippen molar-refractivity contribution in [1.82, 2.24) is 19.5 Å². The smallest absolute Gasteiger partial charge is 0.277 e. The van der Waals surface area contributed by atoms with Crippen molar-refractivity contribution in [2.75, 3.05) is 6.79 Å². The number of carbonyl (C=O) groups excluding carboxylic acids is 1. The van der Waals surface area contributed by atoms with Crippen LogP contribution in [0.1, 0.15) is 5.56 Å². The third-order valence-electron chi connectivity index (χ3n) is 4.98. The van der Waals surface area contributed by atoms with E-state index in [1.807, 2.05) is 24.3 Å². The van der Waals surface area contributed by atoms with Gasteiger partial charge in [-0.2, -0.15) is 5.10 Å². The molecule has 0 fully saturated rings. The number of carbonyl (C=O) groups is 1. The number of rotatable bonds is 5. The lowest BCUT2D eigenvalue weighted by Gasteiger charge is -2.08. The lowest BCUT2D eigenvalue weighted by molar-refractivity contribution is -0.121. The molecule has 0 atom stereocenters. The Morgan fingerprint density at radius 2 is 1.87 bits per heavy atom. The van der Waals surface area contributed by atoms with Crippen LogP contribution in [0.15, 0.2) is 65.7 Å². The average molecular weight is 437 g/mol. The van der Waals surface area contributed by atoms with Crippen LogP contribution in [-0.4, -0.2) is 26.9 Å². The summed E-state index contributed by atoms with van der Waals surface area (Å²) in [6.45, 7) is 0.423. The van der Waals surface area contributed by atoms with Crippen molar-refractivity contribution in [2.45, 2.75) is 13.1 Å². The number of benzene rings is 2. The molecule has 0 saturated carbocycles. The molecule has 1 aliphatic rings. The van der Waals surface area contributed by atoms with E-state index in [-0.39, 0.29) is 24.8 Å². The van der Waals surface area contributed by atoms with E-state index in [2.05, 4.69) is 10.4 Å². The summed E-state index contributed by atoms with van der Waals surface area (Å²) in [5, 5.41) is 7.88. The molecule has 2 aromatic carbocycles. The van der Waals surface area contributed by atoms with E-state index >= 15 is 0 Å². The van der Waals surface area contributed by atoms with Crippen molar-refractivity contribution in [3.05, 3.63) is 81.9 Å². The van der Waals surface area contributed by atoms with Crippen LogP contribution in [0, 0.1) is 0 Å². The summed E-state index contributed by atoms with van der Waals surface area (Å²) < 4.78 is 13.5. The third kappa shape index (κ3) is 3.85. The summed E-state index contributed by atoms with van der Waals surface area (Å²) in [6, 6.07) is 14.4. The number of aromatic nitrogens is 3. The molecule has 0 saturated heterocycles. The van der Waals surface area contributed by atoms with Gasteiger partial charge in [-0.3, -0.25) is 9.59 Å². The molecule has 8 nitrogen and oxygen atoms in total. The Morgan fingerprint density at radius 3 is 2.71 bits per heavy atom. The molecule has 0 unspecified atom stereocenters. The minimum Gasteiger partial charge on any atom is -0.454 e. The SMILES string of the molecule is O=C(Cn1ccn2nc(-c3ccc(Cl)cc3)cc2c1=O)NCc1ccc2c(c1)OCO2. The quantitative estimate of drug-likeness (QED) is 0.520. The molecular weight excluding hydrogens is 420 g/mol. The fraction of sp³-hybridized carbons (Fsp3) is 0.136. The van der Waals surface area contributed by atoms with Gasteiger partial charge in [-0.25, -0.2) is 4.52 Å². The van der Waals surface area contributed by atoms with Crippen LogP contribution in [-0.2, 0) is 17.9 Å². The Kier molecular flexibility index (Phi) is 4.83. The molecule has 1 aliphatic heterocycles. The second-order valence-corrected chi connectivity index (χ2v) is 7.50. The molecule has 5 rings (SSSR count). The normalized spacial score (nSPS) is 12.3. The molecule has 1 N–H and O–H groups in total. The molecule has 0 radical (unpaired) electrons. The number of nitrogens with zero attached hydrogens (tertiary/aromatic N) is 3. The van der Waals surface area contributed by atoms with Crippen LogP contribution in [0.2, 0.25) is 5.02 Å². The maximum absolute atomic E-state index is 12.8. The van der Waals surface area contributed by atoms with Gasteiger partial charge in [0.15, 0.2) is 11.5 Å². The van der Waals surface area contributed by atoms with Gasteiger partial charge in [0.2, 0.25) is 12.7 Å². The number of nitrogens with one attached hydrogen (secondary N) is 1. The number of hydrogen-bond donors (Lipinski definition) is 1. The van der Waals surface area contributed by atoms with E-state index in [4.69, 9.17) is 21.1 Å². The van der Waals surface area contributed by atoms with Crippen molar-refractivity contribution >= 4 is 23.0 Å². The van der Waals surface area contributed by atoms with Crippen LogP contribution in [0.5, 0.6) is 11.5 Å². The van der Waals surface area contributed by atoms with Gasteiger partial charge in [0, 0.05) is 29.5 Å². The highest BCUT2D eigenvalue weighted by Gasteiger charge is 2.14. The van der Waals surface area contributed by atoms with Crippen LogP contribution in [0.25, 0.3) is 16.8 Å². The van der Waals surface area contributed by atoms with Crippen molar-refractivity contribution in [3.63, 3.8) is 0 Å². The van der Waals surface area contributed by atoms with Crippen molar-refractivity contribution in [1.29, 1.82) is 0 Å². The maximum atomic E-state index is 12.8. The standard InChI is InChI=1S/C22H17ClN4O4/c23-16-4-2-15(3-5-16)17-10-18-22(29)26(7-8-27(18)25-17)12-21(28)24-11-14-1-6-19-20(9-14)31-13-30-19/h1-10H,11-13H2,(H,24,28). The minimum atomic E-state index is -0.298. The first-order valence-corrected chi connectivity index (χ1v) is 9.94. The van der Waals surface area contributed by atoms with Gasteiger partial charge < -0.3 is 19.4 Å². The average Bonchev–Trinajstić information content (AvgIpc) is 3.42. The predicted molar refractivity (Wildman–Crippen MR) is 114 cm³/mol. The topological polar surface area (TPSA) is 86.9 Å². The summed E-state index contributed by atoms with van der Waals surface area (Å²) in [5.74, 6) is 1.07. The highest BCUT2D eigenvalue weighted by molar-refractivity contribution is 6.30. The highest BCUT2D eigenvalue weighted by atomic mass is 35.5. The third-order valence-corrected chi connectivity index (χ3v) is 5.24. The zero-order chi connectivity index (χ0) is 21.4.